The van der Waals surface area contributed by atoms with E-state index in [4.69, 9.17) is 4.74 Å². The summed E-state index contributed by atoms with van der Waals surface area (Å²) in [5.74, 6) is 0.873. The van der Waals surface area contributed by atoms with Gasteiger partial charge in [-0.15, -0.1) is 0 Å². The molecule has 0 aliphatic rings. The molecule has 0 radical (unpaired) electrons. The molecule has 1 aromatic carbocycles. The summed E-state index contributed by atoms with van der Waals surface area (Å²) in [6, 6.07) is 7.79. The molecule has 0 bridgehead atoms. The lowest BCUT2D eigenvalue weighted by Crippen LogP contribution is -1.89. The zero-order valence-corrected chi connectivity index (χ0v) is 6.58. The van der Waals surface area contributed by atoms with Gasteiger partial charge in [-0.1, -0.05) is 7.11 Å². The average molecular weight is 152 g/mol. The molecule has 11 heavy (non-hydrogen) atoms. The lowest BCUT2D eigenvalue weighted by atomic mass is 10.2. The van der Waals surface area contributed by atoms with Gasteiger partial charge in [0, 0.05) is 5.56 Å². The fourth-order valence-corrected chi connectivity index (χ4v) is 0.860. The maximum atomic E-state index is 5.00. The topological polar surface area (TPSA) is 22.0 Å². The fraction of sp³-hybridized carbons (Fsp3) is 0.222. The van der Waals surface area contributed by atoms with E-state index in [0.29, 0.717) is 6.61 Å². The Labute approximate surface area is 66.8 Å². The van der Waals surface area contributed by atoms with E-state index < -0.39 is 0 Å². The van der Waals surface area contributed by atoms with Gasteiger partial charge >= 0.3 is 0 Å². The Morgan fingerprint density at radius 2 is 2.00 bits per heavy atom. The highest BCUT2D eigenvalue weighted by Crippen LogP contribution is 2.10. The Balaban J connectivity index is 2.66. The van der Waals surface area contributed by atoms with E-state index in [2.05, 4.69) is 11.8 Å². The van der Waals surface area contributed by atoms with Crippen molar-refractivity contribution in [2.45, 2.75) is 6.61 Å². The Kier molecular flexibility index (Phi) is 2.93. The molecule has 0 aromatic heterocycles. The van der Waals surface area contributed by atoms with E-state index in [0.717, 1.165) is 11.3 Å². The average Bonchev–Trinajstić information content (AvgIpc) is 2.07. The highest BCUT2D eigenvalue weighted by molar-refractivity contribution is 5.26. The predicted octanol–water partition coefficient (Wildman–Crippen LogP) is 1.51. The van der Waals surface area contributed by atoms with E-state index in [1.807, 2.05) is 24.3 Å². The second-order valence-electron chi connectivity index (χ2n) is 2.23. The Morgan fingerprint density at radius 3 is 2.45 bits per heavy atom. The third kappa shape index (κ3) is 2.24. The molecule has 0 saturated carbocycles. The van der Waals surface area contributed by atoms with Crippen LogP contribution < -0.4 is 4.74 Å². The molecule has 0 unspecified atom stereocenters. The fourth-order valence-electron chi connectivity index (χ4n) is 0.860. The van der Waals surface area contributed by atoms with Crippen molar-refractivity contribution in [2.75, 3.05) is 7.11 Å². The van der Waals surface area contributed by atoms with Crippen molar-refractivity contribution in [1.29, 1.82) is 0 Å². The molecule has 0 amide bonds. The molecule has 0 aliphatic heterocycles. The minimum absolute atomic E-state index is 0.671. The van der Waals surface area contributed by atoms with E-state index in [-0.39, 0.29) is 0 Å². The molecule has 0 aliphatic carbocycles. The first-order valence-electron chi connectivity index (χ1n) is 3.42. The third-order valence-electron chi connectivity index (χ3n) is 1.45. The van der Waals surface area contributed by atoms with Gasteiger partial charge in [0.25, 0.3) is 0 Å². The van der Waals surface area contributed by atoms with Gasteiger partial charge in [-0.05, 0) is 24.3 Å². The van der Waals surface area contributed by atoms with E-state index in [1.54, 1.807) is 7.11 Å². The van der Waals surface area contributed by atoms with Crippen molar-refractivity contribution in [3.05, 3.63) is 36.9 Å². The molecular formula is C9H12O2. The van der Waals surface area contributed by atoms with Gasteiger partial charge in [0.15, 0.2) is 0 Å². The summed E-state index contributed by atoms with van der Waals surface area (Å²) in [6.07, 6.45) is 0. The van der Waals surface area contributed by atoms with Crippen LogP contribution in [0.2, 0.25) is 0 Å². The summed E-state index contributed by atoms with van der Waals surface area (Å²) in [6.45, 7) is 0.671. The first-order valence-corrected chi connectivity index (χ1v) is 3.42. The van der Waals surface area contributed by atoms with E-state index in [1.165, 1.54) is 0 Å². The van der Waals surface area contributed by atoms with Crippen molar-refractivity contribution < 1.29 is 9.47 Å². The van der Waals surface area contributed by atoms with Crippen molar-refractivity contribution in [3.63, 3.8) is 0 Å². The molecule has 1 aromatic rings. The van der Waals surface area contributed by atoms with Crippen LogP contribution >= 0.6 is 0 Å². The SMILES string of the molecule is [CH2-][OH+]Cc1ccc(OC)cc1. The van der Waals surface area contributed by atoms with Crippen LogP contribution in [0.1, 0.15) is 5.56 Å². The van der Waals surface area contributed by atoms with Gasteiger partial charge in [0.05, 0.1) is 7.11 Å². The van der Waals surface area contributed by atoms with Gasteiger partial charge < -0.3 is 9.47 Å². The summed E-state index contributed by atoms with van der Waals surface area (Å²) < 4.78 is 8.77. The molecule has 0 atom stereocenters. The van der Waals surface area contributed by atoms with Crippen LogP contribution in [0.25, 0.3) is 0 Å². The van der Waals surface area contributed by atoms with Gasteiger partial charge in [-0.3, -0.25) is 0 Å². The number of hydrogen-bond donors (Lipinski definition) is 0. The zero-order chi connectivity index (χ0) is 8.10. The molecule has 2 heteroatoms. The number of hydrogen-bond acceptors (Lipinski definition) is 1. The monoisotopic (exact) mass is 152 g/mol. The van der Waals surface area contributed by atoms with Gasteiger partial charge in [-0.2, -0.15) is 0 Å². The first kappa shape index (κ1) is 8.08. The van der Waals surface area contributed by atoms with Gasteiger partial charge in [0.2, 0.25) is 0 Å². The summed E-state index contributed by atoms with van der Waals surface area (Å²) in [5.41, 5.74) is 1.15. The Morgan fingerprint density at radius 1 is 1.36 bits per heavy atom. The minimum atomic E-state index is 0.671. The highest BCUT2D eigenvalue weighted by Gasteiger charge is 1.92. The molecule has 0 fully saturated rings. The normalized spacial score (nSPS) is 9.64. The molecule has 1 N–H and O–H groups in total. The number of benzene rings is 1. The molecule has 60 valence electrons. The van der Waals surface area contributed by atoms with Crippen LogP contribution in [0.3, 0.4) is 0 Å². The number of aliphatic hydroxyl groups is 2. The van der Waals surface area contributed by atoms with Crippen molar-refractivity contribution in [2.24, 2.45) is 0 Å². The minimum Gasteiger partial charge on any atom is -0.578 e. The molecule has 0 heterocycles. The summed E-state index contributed by atoms with van der Waals surface area (Å²) in [7, 11) is 5.07. The highest BCUT2D eigenvalue weighted by atomic mass is 16.5. The zero-order valence-electron chi connectivity index (χ0n) is 6.58. The molecule has 0 spiro atoms. The first-order chi connectivity index (χ1) is 5.36. The smallest absolute Gasteiger partial charge is 0.145 e. The second-order valence-corrected chi connectivity index (χ2v) is 2.23. The Bertz CT molecular complexity index is 203. The van der Waals surface area contributed by atoms with Crippen LogP contribution in [-0.2, 0) is 6.61 Å². The standard InChI is InChI=1S/C9H12O2/c1-10-7-8-3-5-9(11-2)6-4-8/h3-6,10H,1,7H2,2H3. The number of ether oxygens (including phenoxy) is 2. The second kappa shape index (κ2) is 3.98. The van der Waals surface area contributed by atoms with Crippen LogP contribution in [0, 0.1) is 7.11 Å². The van der Waals surface area contributed by atoms with Crippen LogP contribution in [0.4, 0.5) is 0 Å². The van der Waals surface area contributed by atoms with Crippen LogP contribution in [-0.4, -0.2) is 11.8 Å². The van der Waals surface area contributed by atoms with Crippen LogP contribution in [0.5, 0.6) is 5.75 Å². The largest absolute Gasteiger partial charge is 0.578 e. The quantitative estimate of drug-likeness (QED) is 0.475. The van der Waals surface area contributed by atoms with Crippen molar-refractivity contribution in [3.8, 4) is 5.75 Å². The van der Waals surface area contributed by atoms with Crippen LogP contribution in [0.15, 0.2) is 24.3 Å². The lowest BCUT2D eigenvalue weighted by Gasteiger charge is -2.02. The molecular weight excluding hydrogens is 140 g/mol. The van der Waals surface area contributed by atoms with Crippen molar-refractivity contribution in [1.82, 2.24) is 0 Å². The van der Waals surface area contributed by atoms with Crippen molar-refractivity contribution >= 4 is 0 Å². The van der Waals surface area contributed by atoms with Gasteiger partial charge in [0.1, 0.15) is 12.4 Å². The maximum Gasteiger partial charge on any atom is 0.145 e. The summed E-state index contributed by atoms with van der Waals surface area (Å²) in [4.78, 5) is 0. The summed E-state index contributed by atoms with van der Waals surface area (Å²) in [5, 5.41) is 0. The van der Waals surface area contributed by atoms with Gasteiger partial charge in [-0.25, -0.2) is 0 Å². The molecule has 1 rings (SSSR count). The third-order valence-corrected chi connectivity index (χ3v) is 1.45. The Hall–Kier alpha value is -1.02. The van der Waals surface area contributed by atoms with E-state index >= 15 is 0 Å². The molecule has 2 nitrogen and oxygen atoms in total. The number of rotatable bonds is 3. The number of methoxy groups -OCH3 is 1. The maximum absolute atomic E-state index is 5.00. The lowest BCUT2D eigenvalue weighted by molar-refractivity contribution is 0.0400. The molecule has 0 saturated heterocycles. The van der Waals surface area contributed by atoms with E-state index in [9.17, 15) is 0 Å². The predicted molar refractivity (Wildman–Crippen MR) is 44.3 cm³/mol. The summed E-state index contributed by atoms with van der Waals surface area (Å²) >= 11 is 0.